The molecular formula is C18H25FN2O2. The van der Waals surface area contributed by atoms with Crippen molar-refractivity contribution in [3.05, 3.63) is 30.1 Å². The average molecular weight is 320 g/mol. The third-order valence-corrected chi connectivity index (χ3v) is 4.97. The van der Waals surface area contributed by atoms with Gasteiger partial charge in [0.05, 0.1) is 11.7 Å². The van der Waals surface area contributed by atoms with Crippen molar-refractivity contribution < 1.29 is 13.9 Å². The number of piperidine rings is 1. The minimum atomic E-state index is -0.322. The van der Waals surface area contributed by atoms with Gasteiger partial charge in [0.2, 0.25) is 5.91 Å². The van der Waals surface area contributed by atoms with E-state index in [1.54, 1.807) is 23.1 Å². The third kappa shape index (κ3) is 3.56. The number of carbonyl (C=O) groups is 1. The van der Waals surface area contributed by atoms with Crippen LogP contribution >= 0.6 is 0 Å². The van der Waals surface area contributed by atoms with Crippen molar-refractivity contribution in [1.29, 1.82) is 0 Å². The molecule has 2 fully saturated rings. The Labute approximate surface area is 137 Å². The third-order valence-electron chi connectivity index (χ3n) is 4.97. The Balaban J connectivity index is 1.59. The van der Waals surface area contributed by atoms with Crippen molar-refractivity contribution in [2.75, 3.05) is 37.7 Å². The van der Waals surface area contributed by atoms with Crippen molar-refractivity contribution in [1.82, 2.24) is 4.90 Å². The van der Waals surface area contributed by atoms with Crippen LogP contribution in [0.5, 0.6) is 0 Å². The molecule has 3 rings (SSSR count). The average Bonchev–Trinajstić information content (AvgIpc) is 2.95. The maximum atomic E-state index is 13.9. The van der Waals surface area contributed by atoms with Gasteiger partial charge in [0.1, 0.15) is 5.82 Å². The molecule has 126 valence electrons. The number of hydrogen-bond donors (Lipinski definition) is 0. The molecule has 0 aliphatic carbocycles. The van der Waals surface area contributed by atoms with Gasteiger partial charge in [0.25, 0.3) is 0 Å². The van der Waals surface area contributed by atoms with E-state index in [0.717, 1.165) is 45.6 Å². The number of halogens is 1. The molecule has 1 amide bonds. The number of likely N-dealkylation sites (tertiary alicyclic amines) is 1. The van der Waals surface area contributed by atoms with Crippen LogP contribution in [0.25, 0.3) is 0 Å². The van der Waals surface area contributed by atoms with Gasteiger partial charge in [-0.05, 0) is 57.3 Å². The molecule has 2 saturated heterocycles. The van der Waals surface area contributed by atoms with Crippen LogP contribution in [-0.4, -0.2) is 49.7 Å². The van der Waals surface area contributed by atoms with Gasteiger partial charge in [-0.3, -0.25) is 9.69 Å². The number of nitrogens with zero attached hydrogens (tertiary/aromatic N) is 2. The molecule has 1 aromatic carbocycles. The summed E-state index contributed by atoms with van der Waals surface area (Å²) in [6.07, 6.45) is 2.93. The highest BCUT2D eigenvalue weighted by molar-refractivity contribution is 5.99. The Kier molecular flexibility index (Phi) is 5.28. The lowest BCUT2D eigenvalue weighted by atomic mass is 9.96. The summed E-state index contributed by atoms with van der Waals surface area (Å²) >= 11 is 0. The van der Waals surface area contributed by atoms with Crippen LogP contribution in [0.2, 0.25) is 0 Å². The summed E-state index contributed by atoms with van der Waals surface area (Å²) < 4.78 is 19.4. The fraction of sp³-hybridized carbons (Fsp3) is 0.611. The second-order valence-electron chi connectivity index (χ2n) is 6.38. The molecule has 0 saturated carbocycles. The molecule has 0 unspecified atom stereocenters. The van der Waals surface area contributed by atoms with E-state index >= 15 is 0 Å². The van der Waals surface area contributed by atoms with Crippen LogP contribution in [0.15, 0.2) is 24.3 Å². The zero-order chi connectivity index (χ0) is 16.2. The van der Waals surface area contributed by atoms with Crippen LogP contribution in [0, 0.1) is 11.7 Å². The highest BCUT2D eigenvalue weighted by Crippen LogP contribution is 2.29. The minimum absolute atomic E-state index is 0.0401. The van der Waals surface area contributed by atoms with Gasteiger partial charge in [0.15, 0.2) is 0 Å². The molecule has 2 aliphatic heterocycles. The molecule has 2 aliphatic rings. The second-order valence-corrected chi connectivity index (χ2v) is 6.38. The Hall–Kier alpha value is -1.46. The van der Waals surface area contributed by atoms with Gasteiger partial charge in [-0.2, -0.15) is 0 Å². The van der Waals surface area contributed by atoms with Crippen molar-refractivity contribution in [2.45, 2.75) is 32.2 Å². The zero-order valence-electron chi connectivity index (χ0n) is 13.7. The number of para-hydroxylation sites is 1. The van der Waals surface area contributed by atoms with E-state index in [0.29, 0.717) is 18.2 Å². The fourth-order valence-electron chi connectivity index (χ4n) is 3.63. The molecule has 0 aromatic heterocycles. The number of carbonyl (C=O) groups excluding carboxylic acids is 1. The van der Waals surface area contributed by atoms with E-state index in [1.165, 1.54) is 6.07 Å². The van der Waals surface area contributed by atoms with Crippen molar-refractivity contribution in [2.24, 2.45) is 5.92 Å². The predicted molar refractivity (Wildman–Crippen MR) is 87.9 cm³/mol. The van der Waals surface area contributed by atoms with Crippen LogP contribution in [-0.2, 0) is 9.53 Å². The normalized spacial score (nSPS) is 23.7. The Morgan fingerprint density at radius 1 is 1.17 bits per heavy atom. The van der Waals surface area contributed by atoms with Gasteiger partial charge < -0.3 is 9.64 Å². The summed E-state index contributed by atoms with van der Waals surface area (Å²) in [7, 11) is 0. The molecule has 5 heteroatoms. The minimum Gasteiger partial charge on any atom is -0.381 e. The monoisotopic (exact) mass is 320 g/mol. The topological polar surface area (TPSA) is 32.8 Å². The number of rotatable bonds is 5. The molecule has 0 spiro atoms. The lowest BCUT2D eigenvalue weighted by Crippen LogP contribution is -2.46. The van der Waals surface area contributed by atoms with E-state index in [9.17, 15) is 9.18 Å². The first-order chi connectivity index (χ1) is 11.2. The first-order valence-electron chi connectivity index (χ1n) is 8.58. The van der Waals surface area contributed by atoms with Gasteiger partial charge >= 0.3 is 0 Å². The number of ether oxygens (including phenoxy) is 1. The number of amides is 1. The summed E-state index contributed by atoms with van der Waals surface area (Å²) in [5.74, 6) is 0.320. The first-order valence-corrected chi connectivity index (χ1v) is 8.58. The Morgan fingerprint density at radius 2 is 1.91 bits per heavy atom. The Bertz CT molecular complexity index is 544. The summed E-state index contributed by atoms with van der Waals surface area (Å²) in [5, 5.41) is 0. The van der Waals surface area contributed by atoms with Crippen molar-refractivity contribution in [3.63, 3.8) is 0 Å². The summed E-state index contributed by atoms with van der Waals surface area (Å²) in [6.45, 7) is 6.06. The highest BCUT2D eigenvalue weighted by Gasteiger charge is 2.38. The quantitative estimate of drug-likeness (QED) is 0.836. The first kappa shape index (κ1) is 16.4. The maximum absolute atomic E-state index is 13.9. The maximum Gasteiger partial charge on any atom is 0.244 e. The van der Waals surface area contributed by atoms with Gasteiger partial charge in [0, 0.05) is 19.8 Å². The van der Waals surface area contributed by atoms with Crippen LogP contribution in [0.3, 0.4) is 0 Å². The fourth-order valence-corrected chi connectivity index (χ4v) is 3.63. The Morgan fingerprint density at radius 3 is 2.61 bits per heavy atom. The molecule has 0 N–H and O–H groups in total. The van der Waals surface area contributed by atoms with E-state index in [1.807, 2.05) is 6.92 Å². The molecule has 1 atom stereocenters. The summed E-state index contributed by atoms with van der Waals surface area (Å²) in [6, 6.07) is 6.43. The predicted octanol–water partition coefficient (Wildman–Crippen LogP) is 2.68. The van der Waals surface area contributed by atoms with Crippen LogP contribution in [0.4, 0.5) is 10.1 Å². The SMILES string of the molecule is CCOCC1CCN([C@H]2CCN(c3ccccc3F)C2=O)CC1. The molecular weight excluding hydrogens is 295 g/mol. The lowest BCUT2D eigenvalue weighted by molar-refractivity contribution is -0.122. The lowest BCUT2D eigenvalue weighted by Gasteiger charge is -2.35. The molecule has 0 bridgehead atoms. The summed E-state index contributed by atoms with van der Waals surface area (Å²) in [4.78, 5) is 16.6. The summed E-state index contributed by atoms with van der Waals surface area (Å²) in [5.41, 5.74) is 0.409. The molecule has 23 heavy (non-hydrogen) atoms. The standard InChI is InChI=1S/C18H25FN2O2/c1-2-23-13-14-7-10-20(11-8-14)17-9-12-21(18(17)22)16-6-4-3-5-15(16)19/h3-6,14,17H,2,7-13H2,1H3/t17-/m0/s1. The van der Waals surface area contributed by atoms with E-state index < -0.39 is 0 Å². The molecule has 0 radical (unpaired) electrons. The molecule has 1 aromatic rings. The van der Waals surface area contributed by atoms with Crippen LogP contribution < -0.4 is 4.90 Å². The van der Waals surface area contributed by atoms with Gasteiger partial charge in [-0.25, -0.2) is 4.39 Å². The van der Waals surface area contributed by atoms with Crippen LogP contribution in [0.1, 0.15) is 26.2 Å². The second kappa shape index (κ2) is 7.41. The number of anilines is 1. The van der Waals surface area contributed by atoms with E-state index in [4.69, 9.17) is 4.74 Å². The smallest absolute Gasteiger partial charge is 0.244 e. The van der Waals surface area contributed by atoms with Crippen molar-refractivity contribution in [3.8, 4) is 0 Å². The largest absolute Gasteiger partial charge is 0.381 e. The number of hydrogen-bond acceptors (Lipinski definition) is 3. The van der Waals surface area contributed by atoms with Gasteiger partial charge in [-0.1, -0.05) is 12.1 Å². The van der Waals surface area contributed by atoms with Gasteiger partial charge in [-0.15, -0.1) is 0 Å². The van der Waals surface area contributed by atoms with E-state index in [-0.39, 0.29) is 17.8 Å². The zero-order valence-corrected chi connectivity index (χ0v) is 13.7. The van der Waals surface area contributed by atoms with E-state index in [2.05, 4.69) is 4.90 Å². The number of benzene rings is 1. The highest BCUT2D eigenvalue weighted by atomic mass is 19.1. The molecule has 2 heterocycles. The van der Waals surface area contributed by atoms with Crippen molar-refractivity contribution >= 4 is 11.6 Å². The molecule has 4 nitrogen and oxygen atoms in total.